The van der Waals surface area contributed by atoms with Gasteiger partial charge < -0.3 is 14.9 Å². The number of aliphatic hydroxyl groups excluding tert-OH is 1. The van der Waals surface area contributed by atoms with Crippen LogP contribution in [0.15, 0.2) is 48.8 Å². The molecule has 3 aromatic rings. The van der Waals surface area contributed by atoms with Gasteiger partial charge in [-0.2, -0.15) is 18.3 Å². The van der Waals surface area contributed by atoms with Gasteiger partial charge in [0, 0.05) is 36.5 Å². The highest BCUT2D eigenvalue weighted by molar-refractivity contribution is 5.93. The molecule has 2 atom stereocenters. The second-order valence-electron chi connectivity index (χ2n) is 7.53. The first-order valence-corrected chi connectivity index (χ1v) is 9.73. The molecule has 6 nitrogen and oxygen atoms in total. The molecule has 1 heterocycles. The molecule has 31 heavy (non-hydrogen) atoms. The van der Waals surface area contributed by atoms with Gasteiger partial charge in [-0.25, -0.2) is 0 Å². The van der Waals surface area contributed by atoms with E-state index in [2.05, 4.69) is 10.4 Å². The van der Waals surface area contributed by atoms with E-state index < -0.39 is 18.0 Å². The molecule has 1 aliphatic carbocycles. The van der Waals surface area contributed by atoms with E-state index in [1.54, 1.807) is 49.2 Å². The van der Waals surface area contributed by atoms with Crippen molar-refractivity contribution in [2.24, 2.45) is 7.05 Å². The molecule has 4 rings (SSSR count). The number of aliphatic hydroxyl groups is 2. The Balaban J connectivity index is 1.90. The summed E-state index contributed by atoms with van der Waals surface area (Å²) in [6.45, 7) is 1.96. The highest BCUT2D eigenvalue weighted by atomic mass is 19.4. The van der Waals surface area contributed by atoms with Crippen LogP contribution in [-0.2, 0) is 12.6 Å². The van der Waals surface area contributed by atoms with Crippen molar-refractivity contribution in [2.45, 2.75) is 24.9 Å². The van der Waals surface area contributed by atoms with Gasteiger partial charge in [0.1, 0.15) is 18.6 Å². The number of alkyl halides is 3. The topological polar surface area (TPSA) is 79.5 Å². The van der Waals surface area contributed by atoms with Crippen molar-refractivity contribution in [3.05, 3.63) is 59.9 Å². The largest absolute Gasteiger partial charge is 0.492 e. The van der Waals surface area contributed by atoms with E-state index in [4.69, 9.17) is 4.74 Å². The summed E-state index contributed by atoms with van der Waals surface area (Å²) >= 11 is 0. The van der Waals surface area contributed by atoms with Crippen molar-refractivity contribution in [1.82, 2.24) is 15.1 Å². The number of nitrogens with zero attached hydrogens (tertiary/aromatic N) is 2. The Kier molecular flexibility index (Phi) is 5.28. The van der Waals surface area contributed by atoms with Crippen LogP contribution in [0.3, 0.4) is 0 Å². The van der Waals surface area contributed by atoms with Crippen LogP contribution in [0.1, 0.15) is 18.1 Å². The van der Waals surface area contributed by atoms with Crippen LogP contribution in [0.25, 0.3) is 22.3 Å². The number of aromatic nitrogens is 2. The Morgan fingerprint density at radius 3 is 2.58 bits per heavy atom. The van der Waals surface area contributed by atoms with Gasteiger partial charge in [0.05, 0.1) is 6.20 Å². The summed E-state index contributed by atoms with van der Waals surface area (Å²) < 4.78 is 49.9. The molecule has 0 amide bonds. The molecule has 2 unspecified atom stereocenters. The molecule has 0 spiro atoms. The van der Waals surface area contributed by atoms with E-state index in [1.165, 1.54) is 18.2 Å². The first kappa shape index (κ1) is 21.4. The van der Waals surface area contributed by atoms with E-state index in [0.717, 1.165) is 0 Å². The lowest BCUT2D eigenvalue weighted by Crippen LogP contribution is -2.41. The molecular formula is C22H22F3N3O3. The summed E-state index contributed by atoms with van der Waals surface area (Å²) in [5.41, 5.74) is -1.94. The lowest BCUT2D eigenvalue weighted by molar-refractivity contribution is -0.246. The number of rotatable bonds is 6. The summed E-state index contributed by atoms with van der Waals surface area (Å²) in [5, 5.41) is 27.2. The van der Waals surface area contributed by atoms with Gasteiger partial charge in [-0.3, -0.25) is 10.00 Å². The Hall–Kier alpha value is -2.88. The van der Waals surface area contributed by atoms with Gasteiger partial charge in [0.15, 0.2) is 0 Å². The monoisotopic (exact) mass is 433 g/mol. The molecule has 2 aromatic carbocycles. The Morgan fingerprint density at radius 1 is 1.19 bits per heavy atom. The highest BCUT2D eigenvalue weighted by Crippen LogP contribution is 2.58. The number of ether oxygens (including phenoxy) is 1. The van der Waals surface area contributed by atoms with Crippen molar-refractivity contribution in [1.29, 1.82) is 0 Å². The first-order valence-electron chi connectivity index (χ1n) is 9.73. The fourth-order valence-electron chi connectivity index (χ4n) is 3.97. The average molecular weight is 433 g/mol. The lowest BCUT2D eigenvalue weighted by Gasteiger charge is -2.28. The molecular weight excluding hydrogens is 411 g/mol. The third-order valence-corrected chi connectivity index (χ3v) is 5.32. The van der Waals surface area contributed by atoms with Gasteiger partial charge in [-0.1, -0.05) is 24.3 Å². The molecule has 164 valence electrons. The number of nitrogens with one attached hydrogen (secondary N) is 1. The normalized spacial score (nSPS) is 18.5. The fourth-order valence-corrected chi connectivity index (χ4v) is 3.97. The minimum absolute atomic E-state index is 0.119. The highest BCUT2D eigenvalue weighted by Gasteiger charge is 2.61. The second-order valence-corrected chi connectivity index (χ2v) is 7.53. The molecule has 9 heteroatoms. The summed E-state index contributed by atoms with van der Waals surface area (Å²) in [6, 6.07) is 8.88. The molecule has 0 fully saturated rings. The van der Waals surface area contributed by atoms with Crippen molar-refractivity contribution >= 4 is 0 Å². The molecule has 0 bridgehead atoms. The third-order valence-electron chi connectivity index (χ3n) is 5.32. The summed E-state index contributed by atoms with van der Waals surface area (Å²) in [7, 11) is 1.71. The Morgan fingerprint density at radius 2 is 1.94 bits per heavy atom. The van der Waals surface area contributed by atoms with Crippen LogP contribution < -0.4 is 10.1 Å². The van der Waals surface area contributed by atoms with Gasteiger partial charge >= 0.3 is 6.18 Å². The van der Waals surface area contributed by atoms with Crippen LogP contribution >= 0.6 is 0 Å². The molecule has 0 saturated carbocycles. The predicted molar refractivity (Wildman–Crippen MR) is 108 cm³/mol. The van der Waals surface area contributed by atoms with Crippen LogP contribution in [0.5, 0.6) is 5.75 Å². The van der Waals surface area contributed by atoms with E-state index in [0.29, 0.717) is 28.8 Å². The second kappa shape index (κ2) is 7.67. The first-order chi connectivity index (χ1) is 14.6. The quantitative estimate of drug-likeness (QED) is 0.411. The lowest BCUT2D eigenvalue weighted by atomic mass is 9.89. The van der Waals surface area contributed by atoms with E-state index in [-0.39, 0.29) is 23.5 Å². The maximum atomic E-state index is 14.2. The van der Waals surface area contributed by atoms with Crippen molar-refractivity contribution in [2.75, 3.05) is 13.2 Å². The minimum Gasteiger partial charge on any atom is -0.492 e. The Labute approximate surface area is 176 Å². The number of hydrogen-bond donors (Lipinski definition) is 3. The number of aryl methyl sites for hydroxylation is 1. The van der Waals surface area contributed by atoms with Gasteiger partial charge in [-0.05, 0) is 35.7 Å². The summed E-state index contributed by atoms with van der Waals surface area (Å²) in [6.07, 6.45) is -2.42. The predicted octanol–water partition coefficient (Wildman–Crippen LogP) is 3.17. The van der Waals surface area contributed by atoms with E-state index in [1.807, 2.05) is 0 Å². The minimum atomic E-state index is -4.94. The number of halogens is 3. The molecule has 3 N–H and O–H groups in total. The molecule has 1 aromatic heterocycles. The standard InChI is InChI=1S/C22H22F3N3O3/c1-13(29)26-7-8-31-15-9-17(14-11-27-28(2)12-14)20-16-5-3-4-6-18(16)21(30,19(20)10-15)22(23,24)25/h3-6,9-13,26,29-30H,7-8H2,1-2H3. The zero-order valence-corrected chi connectivity index (χ0v) is 16.9. The molecule has 0 aliphatic heterocycles. The number of benzene rings is 2. The van der Waals surface area contributed by atoms with Crippen LogP contribution in [0.2, 0.25) is 0 Å². The fraction of sp³-hybridized carbons (Fsp3) is 0.318. The summed E-state index contributed by atoms with van der Waals surface area (Å²) in [5.74, 6) is 0.181. The van der Waals surface area contributed by atoms with Crippen LogP contribution in [0, 0.1) is 0 Å². The maximum absolute atomic E-state index is 14.2. The van der Waals surface area contributed by atoms with Crippen molar-refractivity contribution < 1.29 is 28.1 Å². The molecule has 0 saturated heterocycles. The number of hydrogen-bond acceptors (Lipinski definition) is 5. The third kappa shape index (κ3) is 3.58. The smallest absolute Gasteiger partial charge is 0.425 e. The van der Waals surface area contributed by atoms with E-state index in [9.17, 15) is 23.4 Å². The maximum Gasteiger partial charge on any atom is 0.425 e. The van der Waals surface area contributed by atoms with Crippen molar-refractivity contribution in [3.63, 3.8) is 0 Å². The van der Waals surface area contributed by atoms with E-state index >= 15 is 0 Å². The van der Waals surface area contributed by atoms with Crippen LogP contribution in [-0.4, -0.2) is 45.5 Å². The SMILES string of the molecule is CC(O)NCCOc1cc(-c2cnn(C)c2)c2c(c1)C(O)(C(F)(F)F)c1ccccc1-2. The summed E-state index contributed by atoms with van der Waals surface area (Å²) in [4.78, 5) is 0. The number of fused-ring (bicyclic) bond motifs is 3. The van der Waals surface area contributed by atoms with Gasteiger partial charge in [0.2, 0.25) is 5.60 Å². The average Bonchev–Trinajstić information content (AvgIpc) is 3.25. The van der Waals surface area contributed by atoms with Gasteiger partial charge in [-0.15, -0.1) is 0 Å². The zero-order chi connectivity index (χ0) is 22.4. The van der Waals surface area contributed by atoms with Crippen molar-refractivity contribution in [3.8, 4) is 28.0 Å². The molecule has 1 aliphatic rings. The zero-order valence-electron chi connectivity index (χ0n) is 16.9. The molecule has 0 radical (unpaired) electrons. The Bertz CT molecular complexity index is 1110. The van der Waals surface area contributed by atoms with Gasteiger partial charge in [0.25, 0.3) is 0 Å². The van der Waals surface area contributed by atoms with Crippen LogP contribution in [0.4, 0.5) is 13.2 Å².